The van der Waals surface area contributed by atoms with Crippen molar-refractivity contribution < 1.29 is 4.74 Å². The van der Waals surface area contributed by atoms with Gasteiger partial charge in [-0.25, -0.2) is 0 Å². The lowest BCUT2D eigenvalue weighted by molar-refractivity contribution is 0.120. The molecule has 1 aliphatic carbocycles. The van der Waals surface area contributed by atoms with Gasteiger partial charge in [-0.2, -0.15) is 0 Å². The van der Waals surface area contributed by atoms with Crippen LogP contribution in [0.25, 0.3) is 0 Å². The zero-order chi connectivity index (χ0) is 13.0. The van der Waals surface area contributed by atoms with Gasteiger partial charge in [0.25, 0.3) is 0 Å². The van der Waals surface area contributed by atoms with Crippen LogP contribution in [0.15, 0.2) is 22.7 Å². The lowest BCUT2D eigenvalue weighted by Crippen LogP contribution is -2.25. The Morgan fingerprint density at radius 2 is 2.22 bits per heavy atom. The molecule has 1 saturated carbocycles. The van der Waals surface area contributed by atoms with Gasteiger partial charge >= 0.3 is 0 Å². The summed E-state index contributed by atoms with van der Waals surface area (Å²) in [4.78, 5) is 0. The van der Waals surface area contributed by atoms with Crippen LogP contribution in [-0.4, -0.2) is 6.10 Å². The molecule has 3 heteroatoms. The third-order valence-corrected chi connectivity index (χ3v) is 4.49. The zero-order valence-electron chi connectivity index (χ0n) is 11.0. The summed E-state index contributed by atoms with van der Waals surface area (Å²) in [6.45, 7) is 2.80. The standard InChI is InChI=1S/C15H22BrNO/c1-2-11-5-3-7-13(9-11)18-15-12(10-17)6-4-8-14(15)16/h4,6,8,11,13H,2-3,5,7,9-10,17H2,1H3. The molecule has 1 aliphatic rings. The highest BCUT2D eigenvalue weighted by molar-refractivity contribution is 9.10. The molecule has 0 spiro atoms. The van der Waals surface area contributed by atoms with Crippen LogP contribution in [0.5, 0.6) is 5.75 Å². The third-order valence-electron chi connectivity index (χ3n) is 3.87. The number of hydrogen-bond acceptors (Lipinski definition) is 2. The molecule has 2 nitrogen and oxygen atoms in total. The largest absolute Gasteiger partial charge is 0.489 e. The Bertz CT molecular complexity index is 394. The van der Waals surface area contributed by atoms with E-state index in [0.29, 0.717) is 12.6 Å². The van der Waals surface area contributed by atoms with Crippen molar-refractivity contribution in [2.75, 3.05) is 0 Å². The molecule has 0 aromatic heterocycles. The first kappa shape index (κ1) is 13.9. The van der Waals surface area contributed by atoms with Crippen LogP contribution in [0, 0.1) is 5.92 Å². The lowest BCUT2D eigenvalue weighted by Gasteiger charge is -2.30. The van der Waals surface area contributed by atoms with E-state index in [-0.39, 0.29) is 0 Å². The van der Waals surface area contributed by atoms with E-state index in [0.717, 1.165) is 21.7 Å². The molecule has 2 atom stereocenters. The van der Waals surface area contributed by atoms with Crippen molar-refractivity contribution in [1.29, 1.82) is 0 Å². The summed E-state index contributed by atoms with van der Waals surface area (Å²) in [5, 5.41) is 0. The first-order chi connectivity index (χ1) is 8.74. The van der Waals surface area contributed by atoms with Gasteiger partial charge in [0.15, 0.2) is 0 Å². The van der Waals surface area contributed by atoms with Crippen LogP contribution < -0.4 is 10.5 Å². The van der Waals surface area contributed by atoms with Crippen LogP contribution in [0.4, 0.5) is 0 Å². The Kier molecular flexibility index (Phi) is 5.07. The number of ether oxygens (including phenoxy) is 1. The van der Waals surface area contributed by atoms with E-state index in [1.165, 1.54) is 32.1 Å². The summed E-state index contributed by atoms with van der Waals surface area (Å²) in [7, 11) is 0. The summed E-state index contributed by atoms with van der Waals surface area (Å²) in [5.74, 6) is 1.77. The lowest BCUT2D eigenvalue weighted by atomic mass is 9.85. The molecular formula is C15H22BrNO. The van der Waals surface area contributed by atoms with E-state index < -0.39 is 0 Å². The molecule has 1 fully saturated rings. The Morgan fingerprint density at radius 3 is 2.94 bits per heavy atom. The topological polar surface area (TPSA) is 35.2 Å². The highest BCUT2D eigenvalue weighted by atomic mass is 79.9. The van der Waals surface area contributed by atoms with E-state index in [9.17, 15) is 0 Å². The Balaban J connectivity index is 2.09. The quantitative estimate of drug-likeness (QED) is 0.902. The monoisotopic (exact) mass is 311 g/mol. The summed E-state index contributed by atoms with van der Waals surface area (Å²) in [6, 6.07) is 6.07. The average molecular weight is 312 g/mol. The highest BCUT2D eigenvalue weighted by Crippen LogP contribution is 2.34. The number of benzene rings is 1. The molecule has 0 heterocycles. The molecule has 1 aromatic carbocycles. The zero-order valence-corrected chi connectivity index (χ0v) is 12.6. The maximum absolute atomic E-state index is 6.21. The van der Waals surface area contributed by atoms with Gasteiger partial charge in [0, 0.05) is 12.1 Å². The van der Waals surface area contributed by atoms with Gasteiger partial charge in [-0.15, -0.1) is 0 Å². The first-order valence-corrected chi connectivity index (χ1v) is 7.68. The molecule has 0 bridgehead atoms. The minimum absolute atomic E-state index is 0.354. The van der Waals surface area contributed by atoms with Gasteiger partial charge in [-0.05, 0) is 47.2 Å². The van der Waals surface area contributed by atoms with Crippen molar-refractivity contribution >= 4 is 15.9 Å². The second-order valence-corrected chi connectivity index (χ2v) is 5.97. The maximum atomic E-state index is 6.21. The fourth-order valence-corrected chi connectivity index (χ4v) is 3.23. The normalized spacial score (nSPS) is 23.9. The summed E-state index contributed by atoms with van der Waals surface area (Å²) in [5.41, 5.74) is 6.86. The first-order valence-electron chi connectivity index (χ1n) is 6.88. The molecule has 2 unspecified atom stereocenters. The average Bonchev–Trinajstić information content (AvgIpc) is 2.41. The van der Waals surface area contributed by atoms with Crippen molar-refractivity contribution in [1.82, 2.24) is 0 Å². The molecule has 2 rings (SSSR count). The van der Waals surface area contributed by atoms with E-state index in [1.807, 2.05) is 18.2 Å². The van der Waals surface area contributed by atoms with Crippen LogP contribution >= 0.6 is 15.9 Å². The molecule has 100 valence electrons. The number of nitrogens with two attached hydrogens (primary N) is 1. The van der Waals surface area contributed by atoms with Gasteiger partial charge in [0.1, 0.15) is 5.75 Å². The van der Waals surface area contributed by atoms with Crippen molar-refractivity contribution in [3.05, 3.63) is 28.2 Å². The van der Waals surface area contributed by atoms with Crippen LogP contribution in [0.1, 0.15) is 44.6 Å². The third kappa shape index (κ3) is 3.27. The Hall–Kier alpha value is -0.540. The molecule has 0 saturated heterocycles. The van der Waals surface area contributed by atoms with Gasteiger partial charge in [-0.3, -0.25) is 0 Å². The molecule has 1 aromatic rings. The predicted octanol–water partition coefficient (Wildman–Crippen LogP) is 4.26. The van der Waals surface area contributed by atoms with E-state index >= 15 is 0 Å². The van der Waals surface area contributed by atoms with Crippen molar-refractivity contribution in [2.45, 2.75) is 51.7 Å². The number of para-hydroxylation sites is 1. The molecule has 2 N–H and O–H groups in total. The van der Waals surface area contributed by atoms with E-state index in [1.54, 1.807) is 0 Å². The SMILES string of the molecule is CCC1CCCC(Oc2c(Br)cccc2CN)C1. The molecule has 18 heavy (non-hydrogen) atoms. The van der Waals surface area contributed by atoms with Crippen LogP contribution in [0.3, 0.4) is 0 Å². The van der Waals surface area contributed by atoms with Gasteiger partial charge in [0.2, 0.25) is 0 Å². The minimum atomic E-state index is 0.354. The van der Waals surface area contributed by atoms with Gasteiger partial charge < -0.3 is 10.5 Å². The highest BCUT2D eigenvalue weighted by Gasteiger charge is 2.23. The molecule has 0 amide bonds. The summed E-state index contributed by atoms with van der Waals surface area (Å²) in [6.07, 6.45) is 6.61. The van der Waals surface area contributed by atoms with Crippen LogP contribution in [0.2, 0.25) is 0 Å². The smallest absolute Gasteiger partial charge is 0.138 e. The van der Waals surface area contributed by atoms with Crippen molar-refractivity contribution in [3.8, 4) is 5.75 Å². The van der Waals surface area contributed by atoms with Gasteiger partial charge in [-0.1, -0.05) is 31.9 Å². The maximum Gasteiger partial charge on any atom is 0.138 e. The van der Waals surface area contributed by atoms with E-state index in [4.69, 9.17) is 10.5 Å². The molecule has 0 aliphatic heterocycles. The Labute approximate surface area is 118 Å². The van der Waals surface area contributed by atoms with Crippen molar-refractivity contribution in [3.63, 3.8) is 0 Å². The summed E-state index contributed by atoms with van der Waals surface area (Å²) < 4.78 is 7.23. The van der Waals surface area contributed by atoms with E-state index in [2.05, 4.69) is 22.9 Å². The fraction of sp³-hybridized carbons (Fsp3) is 0.600. The van der Waals surface area contributed by atoms with Gasteiger partial charge in [0.05, 0.1) is 10.6 Å². The fourth-order valence-electron chi connectivity index (χ4n) is 2.73. The minimum Gasteiger partial charge on any atom is -0.489 e. The number of hydrogen-bond donors (Lipinski definition) is 1. The second kappa shape index (κ2) is 6.58. The van der Waals surface area contributed by atoms with Crippen molar-refractivity contribution in [2.24, 2.45) is 11.7 Å². The molecule has 0 radical (unpaired) electrons. The number of rotatable bonds is 4. The summed E-state index contributed by atoms with van der Waals surface area (Å²) >= 11 is 3.57. The van der Waals surface area contributed by atoms with Crippen LogP contribution in [-0.2, 0) is 6.54 Å². The second-order valence-electron chi connectivity index (χ2n) is 5.11. The Morgan fingerprint density at radius 1 is 1.39 bits per heavy atom. The predicted molar refractivity (Wildman–Crippen MR) is 78.7 cm³/mol. The molecular weight excluding hydrogens is 290 g/mol. The number of halogens is 1.